The number of nitrogens with zero attached hydrogens (tertiary/aromatic N) is 4. The van der Waals surface area contributed by atoms with Crippen LogP contribution in [-0.2, 0) is 0 Å². The van der Waals surface area contributed by atoms with Crippen LogP contribution in [0.5, 0.6) is 0 Å². The molecule has 1 fully saturated rings. The van der Waals surface area contributed by atoms with Crippen LogP contribution in [0.1, 0.15) is 25.0 Å². The van der Waals surface area contributed by atoms with Gasteiger partial charge in [-0.3, -0.25) is 0 Å². The first-order valence-electron chi connectivity index (χ1n) is 5.23. The first-order chi connectivity index (χ1) is 7.31. The van der Waals surface area contributed by atoms with Crippen molar-refractivity contribution < 1.29 is 0 Å². The minimum atomic E-state index is 0.413. The summed E-state index contributed by atoms with van der Waals surface area (Å²) in [5.41, 5.74) is 0.413. The van der Waals surface area contributed by atoms with Crippen LogP contribution in [0.2, 0.25) is 0 Å². The summed E-state index contributed by atoms with van der Waals surface area (Å²) in [6.45, 7) is 0.956. The highest BCUT2D eigenvalue weighted by Crippen LogP contribution is 2.32. The lowest BCUT2D eigenvalue weighted by molar-refractivity contribution is 0.704. The topological polar surface area (TPSA) is 52.8 Å². The van der Waals surface area contributed by atoms with Crippen LogP contribution in [0, 0.1) is 17.2 Å². The van der Waals surface area contributed by atoms with E-state index in [4.69, 9.17) is 5.26 Å². The summed E-state index contributed by atoms with van der Waals surface area (Å²) < 4.78 is 0. The van der Waals surface area contributed by atoms with Crippen molar-refractivity contribution in [2.75, 3.05) is 18.5 Å². The molecular formula is C11H14N4. The van der Waals surface area contributed by atoms with E-state index in [1.54, 1.807) is 12.4 Å². The lowest BCUT2D eigenvalue weighted by atomic mass is 10.3. The minimum Gasteiger partial charge on any atom is -0.357 e. The predicted octanol–water partition coefficient (Wildman–Crippen LogP) is 1.58. The van der Waals surface area contributed by atoms with E-state index in [0.717, 1.165) is 12.5 Å². The fourth-order valence-electron chi connectivity index (χ4n) is 1.58. The zero-order valence-electron chi connectivity index (χ0n) is 8.85. The van der Waals surface area contributed by atoms with Gasteiger partial charge in [0.05, 0.1) is 0 Å². The number of rotatable bonds is 4. The van der Waals surface area contributed by atoms with E-state index < -0.39 is 0 Å². The fourth-order valence-corrected chi connectivity index (χ4v) is 1.58. The van der Waals surface area contributed by atoms with Gasteiger partial charge in [-0.05, 0) is 12.3 Å². The molecule has 1 aromatic rings. The van der Waals surface area contributed by atoms with Crippen molar-refractivity contribution in [1.29, 1.82) is 5.26 Å². The molecule has 1 heterocycles. The van der Waals surface area contributed by atoms with Gasteiger partial charge in [0.1, 0.15) is 6.07 Å². The SMILES string of the molecule is CN(CCC1CC1)c1nccnc1C#N. The van der Waals surface area contributed by atoms with Crippen molar-refractivity contribution in [1.82, 2.24) is 9.97 Å². The van der Waals surface area contributed by atoms with Gasteiger partial charge in [0.15, 0.2) is 11.5 Å². The molecule has 1 aromatic heterocycles. The number of anilines is 1. The van der Waals surface area contributed by atoms with Gasteiger partial charge in [0.2, 0.25) is 0 Å². The van der Waals surface area contributed by atoms with E-state index in [-0.39, 0.29) is 0 Å². The Labute approximate surface area is 89.6 Å². The molecule has 0 N–H and O–H groups in total. The highest BCUT2D eigenvalue weighted by molar-refractivity contribution is 5.48. The summed E-state index contributed by atoms with van der Waals surface area (Å²) in [5.74, 6) is 1.59. The zero-order chi connectivity index (χ0) is 10.7. The molecular weight excluding hydrogens is 188 g/mol. The monoisotopic (exact) mass is 202 g/mol. The van der Waals surface area contributed by atoms with Crippen molar-refractivity contribution in [3.8, 4) is 6.07 Å². The van der Waals surface area contributed by atoms with Crippen molar-refractivity contribution in [2.45, 2.75) is 19.3 Å². The van der Waals surface area contributed by atoms with Gasteiger partial charge in [-0.25, -0.2) is 9.97 Å². The Morgan fingerprint density at radius 3 is 2.87 bits per heavy atom. The Kier molecular flexibility index (Phi) is 2.82. The summed E-state index contributed by atoms with van der Waals surface area (Å²) in [4.78, 5) is 10.2. The first kappa shape index (κ1) is 9.91. The smallest absolute Gasteiger partial charge is 0.183 e. The van der Waals surface area contributed by atoms with E-state index in [2.05, 4.69) is 16.0 Å². The van der Waals surface area contributed by atoms with E-state index in [1.165, 1.54) is 19.3 Å². The average molecular weight is 202 g/mol. The molecule has 0 aliphatic heterocycles. The summed E-state index contributed by atoms with van der Waals surface area (Å²) >= 11 is 0. The molecule has 0 atom stereocenters. The molecule has 0 bridgehead atoms. The third-order valence-electron chi connectivity index (χ3n) is 2.72. The Hall–Kier alpha value is -1.63. The number of hydrogen-bond acceptors (Lipinski definition) is 4. The highest BCUT2D eigenvalue weighted by Gasteiger charge is 2.21. The minimum absolute atomic E-state index is 0.413. The molecule has 78 valence electrons. The largest absolute Gasteiger partial charge is 0.357 e. The summed E-state index contributed by atoms with van der Waals surface area (Å²) in [7, 11) is 1.97. The number of hydrogen-bond donors (Lipinski definition) is 0. The van der Waals surface area contributed by atoms with E-state index in [0.29, 0.717) is 11.5 Å². The second-order valence-corrected chi connectivity index (χ2v) is 3.99. The third-order valence-corrected chi connectivity index (χ3v) is 2.72. The van der Waals surface area contributed by atoms with Gasteiger partial charge in [0, 0.05) is 26.0 Å². The fraction of sp³-hybridized carbons (Fsp3) is 0.545. The van der Waals surface area contributed by atoms with Crippen molar-refractivity contribution in [3.63, 3.8) is 0 Å². The summed E-state index contributed by atoms with van der Waals surface area (Å²) in [5, 5.41) is 8.88. The Morgan fingerprint density at radius 1 is 1.47 bits per heavy atom. The van der Waals surface area contributed by atoms with Gasteiger partial charge in [0.25, 0.3) is 0 Å². The van der Waals surface area contributed by atoms with E-state index in [1.807, 2.05) is 11.9 Å². The van der Waals surface area contributed by atoms with Crippen molar-refractivity contribution in [2.24, 2.45) is 5.92 Å². The van der Waals surface area contributed by atoms with Gasteiger partial charge in [-0.2, -0.15) is 5.26 Å². The first-order valence-corrected chi connectivity index (χ1v) is 5.23. The molecule has 2 rings (SSSR count). The molecule has 1 saturated carbocycles. The maximum Gasteiger partial charge on any atom is 0.183 e. The number of aromatic nitrogens is 2. The molecule has 1 aliphatic carbocycles. The van der Waals surface area contributed by atoms with Crippen LogP contribution in [0.15, 0.2) is 12.4 Å². The van der Waals surface area contributed by atoms with E-state index in [9.17, 15) is 0 Å². The Morgan fingerprint density at radius 2 is 2.20 bits per heavy atom. The van der Waals surface area contributed by atoms with Crippen LogP contribution in [-0.4, -0.2) is 23.6 Å². The predicted molar refractivity (Wildman–Crippen MR) is 57.4 cm³/mol. The maximum atomic E-state index is 8.88. The summed E-state index contributed by atoms with van der Waals surface area (Å²) in [6, 6.07) is 2.06. The molecule has 0 aromatic carbocycles. The Balaban J connectivity index is 2.03. The van der Waals surface area contributed by atoms with Crippen LogP contribution in [0.25, 0.3) is 0 Å². The third kappa shape index (κ3) is 2.44. The second-order valence-electron chi connectivity index (χ2n) is 3.99. The molecule has 0 radical (unpaired) electrons. The van der Waals surface area contributed by atoms with Gasteiger partial charge < -0.3 is 4.90 Å². The van der Waals surface area contributed by atoms with Crippen LogP contribution in [0.3, 0.4) is 0 Å². The van der Waals surface area contributed by atoms with Crippen LogP contribution in [0.4, 0.5) is 5.82 Å². The molecule has 0 spiro atoms. The van der Waals surface area contributed by atoms with E-state index >= 15 is 0 Å². The number of nitriles is 1. The molecule has 0 amide bonds. The molecule has 0 unspecified atom stereocenters. The second kappa shape index (κ2) is 4.26. The molecule has 15 heavy (non-hydrogen) atoms. The van der Waals surface area contributed by atoms with Crippen molar-refractivity contribution in [3.05, 3.63) is 18.1 Å². The van der Waals surface area contributed by atoms with Gasteiger partial charge in [-0.1, -0.05) is 12.8 Å². The Bertz CT molecular complexity index is 378. The lowest BCUT2D eigenvalue weighted by Gasteiger charge is -2.17. The molecule has 4 heteroatoms. The standard InChI is InChI=1S/C11H14N4/c1-15(7-4-9-2-3-9)11-10(8-12)13-5-6-14-11/h5-6,9H,2-4,7H2,1H3. The lowest BCUT2D eigenvalue weighted by Crippen LogP contribution is -2.21. The van der Waals surface area contributed by atoms with Gasteiger partial charge in [-0.15, -0.1) is 0 Å². The quantitative estimate of drug-likeness (QED) is 0.744. The highest BCUT2D eigenvalue weighted by atomic mass is 15.2. The maximum absolute atomic E-state index is 8.88. The average Bonchev–Trinajstić information content (AvgIpc) is 3.09. The van der Waals surface area contributed by atoms with Crippen LogP contribution >= 0.6 is 0 Å². The normalized spacial score (nSPS) is 14.7. The van der Waals surface area contributed by atoms with Gasteiger partial charge >= 0.3 is 0 Å². The summed E-state index contributed by atoms with van der Waals surface area (Å²) in [6.07, 6.45) is 7.09. The van der Waals surface area contributed by atoms with Crippen molar-refractivity contribution >= 4 is 5.82 Å². The van der Waals surface area contributed by atoms with Crippen LogP contribution < -0.4 is 4.90 Å². The molecule has 4 nitrogen and oxygen atoms in total. The molecule has 1 aliphatic rings. The zero-order valence-corrected chi connectivity index (χ0v) is 8.85. The molecule has 0 saturated heterocycles.